The summed E-state index contributed by atoms with van der Waals surface area (Å²) in [5.41, 5.74) is 0.338. The van der Waals surface area contributed by atoms with Crippen LogP contribution in [0.4, 0.5) is 0 Å². The van der Waals surface area contributed by atoms with Crippen molar-refractivity contribution in [3.8, 4) is 5.75 Å². The molecule has 0 unspecified atom stereocenters. The molecule has 1 heterocycles. The summed E-state index contributed by atoms with van der Waals surface area (Å²) >= 11 is 0. The Hall–Kier alpha value is -2.66. The first-order valence-electron chi connectivity index (χ1n) is 8.85. The number of phenols is 1. The molecule has 3 rings (SSSR count). The Morgan fingerprint density at radius 2 is 1.58 bits per heavy atom. The largest absolute Gasteiger partial charge is 0.507 e. The van der Waals surface area contributed by atoms with Gasteiger partial charge in [-0.2, -0.15) is 0 Å². The maximum absolute atomic E-state index is 12.3. The van der Waals surface area contributed by atoms with Gasteiger partial charge in [0.1, 0.15) is 5.75 Å². The summed E-state index contributed by atoms with van der Waals surface area (Å²) in [6, 6.07) is 15.9. The molecule has 1 aliphatic rings. The monoisotopic (exact) mass is 353 g/mol. The molecule has 2 aromatic rings. The zero-order chi connectivity index (χ0) is 18.6. The Kier molecular flexibility index (Phi) is 5.38. The topological polar surface area (TPSA) is 77.8 Å². The minimum atomic E-state index is -0.848. The van der Waals surface area contributed by atoms with Crippen molar-refractivity contribution in [3.63, 3.8) is 0 Å². The number of rotatable bonds is 6. The van der Waals surface area contributed by atoms with Gasteiger partial charge in [-0.3, -0.25) is 9.59 Å². The minimum Gasteiger partial charge on any atom is -0.507 e. The summed E-state index contributed by atoms with van der Waals surface area (Å²) < 4.78 is 0. The SMILES string of the molecule is O=C(CCN1CCC(C(=O)O)(c2ccccc2)CC1)c1ccccc1O. The molecule has 136 valence electrons. The Balaban J connectivity index is 1.60. The van der Waals surface area contributed by atoms with Crippen LogP contribution >= 0.6 is 0 Å². The van der Waals surface area contributed by atoms with E-state index < -0.39 is 11.4 Å². The normalized spacial score (nSPS) is 16.9. The number of ketones is 1. The van der Waals surface area contributed by atoms with Crippen molar-refractivity contribution >= 4 is 11.8 Å². The summed E-state index contributed by atoms with van der Waals surface area (Å²) in [6.45, 7) is 1.84. The van der Waals surface area contributed by atoms with Crippen molar-refractivity contribution < 1.29 is 19.8 Å². The van der Waals surface area contributed by atoms with Crippen molar-refractivity contribution in [1.29, 1.82) is 0 Å². The second-order valence-electron chi connectivity index (χ2n) is 6.79. The number of aliphatic carboxylic acids is 1. The van der Waals surface area contributed by atoms with Gasteiger partial charge in [0.2, 0.25) is 0 Å². The van der Waals surface area contributed by atoms with E-state index in [0.717, 1.165) is 5.56 Å². The number of likely N-dealkylation sites (tertiary alicyclic amines) is 1. The number of carboxylic acids is 1. The minimum absolute atomic E-state index is 0.00474. The smallest absolute Gasteiger partial charge is 0.314 e. The molecule has 26 heavy (non-hydrogen) atoms. The van der Waals surface area contributed by atoms with E-state index in [4.69, 9.17) is 0 Å². The summed E-state index contributed by atoms with van der Waals surface area (Å²) in [5.74, 6) is -0.875. The number of phenolic OH excluding ortho intramolecular Hbond substituents is 1. The highest BCUT2D eigenvalue weighted by atomic mass is 16.4. The average molecular weight is 353 g/mol. The van der Waals surface area contributed by atoms with Crippen LogP contribution in [0.15, 0.2) is 54.6 Å². The van der Waals surface area contributed by atoms with Gasteiger partial charge in [-0.05, 0) is 43.6 Å². The van der Waals surface area contributed by atoms with Crippen LogP contribution < -0.4 is 0 Å². The number of carbonyl (C=O) groups is 2. The Morgan fingerprint density at radius 3 is 2.19 bits per heavy atom. The van der Waals surface area contributed by atoms with E-state index in [0.29, 0.717) is 44.5 Å². The van der Waals surface area contributed by atoms with Crippen LogP contribution in [0.2, 0.25) is 0 Å². The van der Waals surface area contributed by atoms with Gasteiger partial charge in [-0.15, -0.1) is 0 Å². The van der Waals surface area contributed by atoms with E-state index in [1.54, 1.807) is 18.2 Å². The lowest BCUT2D eigenvalue weighted by Gasteiger charge is -2.39. The zero-order valence-corrected chi connectivity index (χ0v) is 14.6. The fraction of sp³-hybridized carbons (Fsp3) is 0.333. The lowest BCUT2D eigenvalue weighted by atomic mass is 9.73. The van der Waals surface area contributed by atoms with Crippen LogP contribution in [0.5, 0.6) is 5.75 Å². The molecule has 0 amide bonds. The van der Waals surface area contributed by atoms with E-state index in [9.17, 15) is 19.8 Å². The van der Waals surface area contributed by atoms with E-state index in [1.807, 2.05) is 30.3 Å². The summed E-state index contributed by atoms with van der Waals surface area (Å²) in [5, 5.41) is 19.6. The third kappa shape index (κ3) is 3.63. The van der Waals surface area contributed by atoms with Gasteiger partial charge in [0, 0.05) is 13.0 Å². The molecular weight excluding hydrogens is 330 g/mol. The molecule has 0 spiro atoms. The summed E-state index contributed by atoms with van der Waals surface area (Å²) in [6.07, 6.45) is 1.36. The van der Waals surface area contributed by atoms with Crippen LogP contribution in [0.3, 0.4) is 0 Å². The highest BCUT2D eigenvalue weighted by Gasteiger charge is 2.42. The third-order valence-corrected chi connectivity index (χ3v) is 5.30. The first kappa shape index (κ1) is 18.1. The summed E-state index contributed by atoms with van der Waals surface area (Å²) in [7, 11) is 0. The highest BCUT2D eigenvalue weighted by molar-refractivity contribution is 5.98. The van der Waals surface area contributed by atoms with Crippen molar-refractivity contribution in [2.24, 2.45) is 0 Å². The van der Waals surface area contributed by atoms with Gasteiger partial charge in [-0.1, -0.05) is 42.5 Å². The molecule has 2 N–H and O–H groups in total. The number of Topliss-reactive ketones (excluding diaryl/α,β-unsaturated/α-hetero) is 1. The fourth-order valence-electron chi connectivity index (χ4n) is 3.65. The molecule has 2 aromatic carbocycles. The van der Waals surface area contributed by atoms with Crippen molar-refractivity contribution in [2.75, 3.05) is 19.6 Å². The number of hydrogen-bond acceptors (Lipinski definition) is 4. The van der Waals surface area contributed by atoms with Crippen LogP contribution in [0.1, 0.15) is 35.2 Å². The second-order valence-corrected chi connectivity index (χ2v) is 6.79. The molecule has 0 bridgehead atoms. The number of aromatic hydroxyl groups is 1. The van der Waals surface area contributed by atoms with Gasteiger partial charge in [-0.25, -0.2) is 0 Å². The average Bonchev–Trinajstić information content (AvgIpc) is 2.67. The molecule has 1 fully saturated rings. The molecular formula is C21H23NO4. The quantitative estimate of drug-likeness (QED) is 0.781. The van der Waals surface area contributed by atoms with Crippen LogP contribution in [0.25, 0.3) is 0 Å². The molecule has 1 aliphatic heterocycles. The highest BCUT2D eigenvalue weighted by Crippen LogP contribution is 2.36. The molecule has 0 atom stereocenters. The molecule has 5 nitrogen and oxygen atoms in total. The molecule has 0 radical (unpaired) electrons. The first-order chi connectivity index (χ1) is 12.5. The molecule has 1 saturated heterocycles. The predicted octanol–water partition coefficient (Wildman–Crippen LogP) is 3.08. The van der Waals surface area contributed by atoms with Crippen LogP contribution in [-0.4, -0.2) is 46.5 Å². The van der Waals surface area contributed by atoms with E-state index >= 15 is 0 Å². The number of para-hydroxylation sites is 1. The number of nitrogens with zero attached hydrogens (tertiary/aromatic N) is 1. The molecule has 0 saturated carbocycles. The van der Waals surface area contributed by atoms with Gasteiger partial charge < -0.3 is 15.1 Å². The fourth-order valence-corrected chi connectivity index (χ4v) is 3.65. The Morgan fingerprint density at radius 1 is 0.962 bits per heavy atom. The zero-order valence-electron chi connectivity index (χ0n) is 14.6. The number of carbonyl (C=O) groups excluding carboxylic acids is 1. The second kappa shape index (κ2) is 7.70. The number of piperidine rings is 1. The van der Waals surface area contributed by atoms with Gasteiger partial charge in [0.05, 0.1) is 11.0 Å². The van der Waals surface area contributed by atoms with E-state index in [2.05, 4.69) is 4.90 Å². The van der Waals surface area contributed by atoms with Gasteiger partial charge in [0.25, 0.3) is 0 Å². The van der Waals surface area contributed by atoms with Crippen molar-refractivity contribution in [2.45, 2.75) is 24.7 Å². The Bertz CT molecular complexity index is 780. The predicted molar refractivity (Wildman–Crippen MR) is 98.5 cm³/mol. The number of carboxylic acid groups (broad SMARTS) is 1. The standard InChI is InChI=1S/C21H23NO4/c23-18-9-5-4-8-17(18)19(24)10-13-22-14-11-21(12-15-22,20(25)26)16-6-2-1-3-7-16/h1-9,23H,10-15H2,(H,25,26). The lowest BCUT2D eigenvalue weighted by molar-refractivity contribution is -0.146. The Labute approximate surface area is 152 Å². The summed E-state index contributed by atoms with van der Waals surface area (Å²) in [4.78, 5) is 26.4. The van der Waals surface area contributed by atoms with Gasteiger partial charge >= 0.3 is 5.97 Å². The first-order valence-corrected chi connectivity index (χ1v) is 8.85. The number of benzene rings is 2. The maximum Gasteiger partial charge on any atom is 0.314 e. The van der Waals surface area contributed by atoms with E-state index in [-0.39, 0.29) is 11.5 Å². The van der Waals surface area contributed by atoms with Crippen molar-refractivity contribution in [1.82, 2.24) is 4.90 Å². The van der Waals surface area contributed by atoms with Crippen molar-refractivity contribution in [3.05, 3.63) is 65.7 Å². The molecule has 0 aliphatic carbocycles. The van der Waals surface area contributed by atoms with Gasteiger partial charge in [0.15, 0.2) is 5.78 Å². The lowest BCUT2D eigenvalue weighted by Crippen LogP contribution is -2.47. The van der Waals surface area contributed by atoms with Crippen LogP contribution in [-0.2, 0) is 10.2 Å². The molecule has 5 heteroatoms. The third-order valence-electron chi connectivity index (χ3n) is 5.30. The maximum atomic E-state index is 12.3. The molecule has 0 aromatic heterocycles. The van der Waals surface area contributed by atoms with Crippen LogP contribution in [0, 0.1) is 0 Å². The number of hydrogen-bond donors (Lipinski definition) is 2. The van der Waals surface area contributed by atoms with E-state index in [1.165, 1.54) is 6.07 Å².